The zero-order chi connectivity index (χ0) is 11.1. The van der Waals surface area contributed by atoms with Crippen molar-refractivity contribution in [3.8, 4) is 11.5 Å². The van der Waals surface area contributed by atoms with Crippen LogP contribution in [0.2, 0.25) is 0 Å². The van der Waals surface area contributed by atoms with E-state index in [1.54, 1.807) is 0 Å². The van der Waals surface area contributed by atoms with Crippen LogP contribution in [0.4, 0.5) is 8.78 Å². The van der Waals surface area contributed by atoms with E-state index in [1.807, 2.05) is 0 Å². The number of fused-ring (bicyclic) bond motifs is 1. The molecule has 0 spiro atoms. The molecule has 0 bridgehead atoms. The largest absolute Gasteiger partial charge is 0.454 e. The van der Waals surface area contributed by atoms with Crippen molar-refractivity contribution in [1.82, 2.24) is 0 Å². The van der Waals surface area contributed by atoms with Gasteiger partial charge in [-0.3, -0.25) is 0 Å². The summed E-state index contributed by atoms with van der Waals surface area (Å²) in [6.45, 7) is 0.956. The second-order valence-electron chi connectivity index (χ2n) is 3.46. The first kappa shape index (κ1) is 10.2. The second-order valence-corrected chi connectivity index (χ2v) is 3.46. The van der Waals surface area contributed by atoms with Crippen LogP contribution in [0.15, 0.2) is 12.1 Å². The van der Waals surface area contributed by atoms with E-state index in [2.05, 4.69) is 0 Å². The molecule has 1 aromatic rings. The minimum atomic E-state index is -2.92. The third-order valence-electron chi connectivity index (χ3n) is 2.29. The van der Waals surface area contributed by atoms with Crippen molar-refractivity contribution < 1.29 is 18.3 Å². The van der Waals surface area contributed by atoms with Gasteiger partial charge in [0, 0.05) is 19.0 Å². The standard InChI is InChI=1S/C10H11F2NO2/c1-10(11,12)7-3-9-8(14-5-15-9)2-6(7)4-13/h2-3H,4-5,13H2,1H3. The maximum Gasteiger partial charge on any atom is 0.270 e. The lowest BCUT2D eigenvalue weighted by molar-refractivity contribution is 0.0163. The first-order valence-electron chi connectivity index (χ1n) is 4.53. The molecule has 1 aliphatic rings. The van der Waals surface area contributed by atoms with E-state index in [0.717, 1.165) is 6.92 Å². The van der Waals surface area contributed by atoms with Gasteiger partial charge in [0.15, 0.2) is 11.5 Å². The SMILES string of the molecule is CC(F)(F)c1cc2c(cc1CN)OCO2. The lowest BCUT2D eigenvalue weighted by Crippen LogP contribution is -2.13. The summed E-state index contributed by atoms with van der Waals surface area (Å²) in [6, 6.07) is 2.81. The number of alkyl halides is 2. The van der Waals surface area contributed by atoms with Gasteiger partial charge in [0.25, 0.3) is 5.92 Å². The topological polar surface area (TPSA) is 44.5 Å². The first-order chi connectivity index (χ1) is 7.02. The van der Waals surface area contributed by atoms with Gasteiger partial charge in [-0.05, 0) is 17.7 Å². The highest BCUT2D eigenvalue weighted by Crippen LogP contribution is 2.40. The normalized spacial score (nSPS) is 14.4. The highest BCUT2D eigenvalue weighted by Gasteiger charge is 2.30. The van der Waals surface area contributed by atoms with Crippen molar-refractivity contribution in [1.29, 1.82) is 0 Å². The van der Waals surface area contributed by atoms with Gasteiger partial charge in [-0.1, -0.05) is 0 Å². The predicted molar refractivity (Wildman–Crippen MR) is 50.0 cm³/mol. The van der Waals surface area contributed by atoms with Crippen molar-refractivity contribution in [2.45, 2.75) is 19.4 Å². The first-order valence-corrected chi connectivity index (χ1v) is 4.53. The summed E-state index contributed by atoms with van der Waals surface area (Å²) in [7, 11) is 0. The Morgan fingerprint density at radius 1 is 1.33 bits per heavy atom. The highest BCUT2D eigenvalue weighted by molar-refractivity contribution is 5.49. The summed E-state index contributed by atoms with van der Waals surface area (Å²) in [4.78, 5) is 0. The molecule has 1 aliphatic heterocycles. The van der Waals surface area contributed by atoms with Gasteiger partial charge in [0.2, 0.25) is 6.79 Å². The number of hydrogen-bond donors (Lipinski definition) is 1. The molecule has 82 valence electrons. The molecule has 1 aromatic carbocycles. The van der Waals surface area contributed by atoms with E-state index in [0.29, 0.717) is 17.1 Å². The third kappa shape index (κ3) is 1.74. The van der Waals surface area contributed by atoms with Crippen molar-refractivity contribution >= 4 is 0 Å². The predicted octanol–water partition coefficient (Wildman–Crippen LogP) is 1.99. The molecule has 0 amide bonds. The number of benzene rings is 1. The summed E-state index contributed by atoms with van der Waals surface area (Å²) in [5, 5.41) is 0. The number of nitrogens with two attached hydrogens (primary N) is 1. The van der Waals surface area contributed by atoms with Crippen LogP contribution in [0.1, 0.15) is 18.1 Å². The second kappa shape index (κ2) is 3.34. The molecule has 1 heterocycles. The van der Waals surface area contributed by atoms with Crippen LogP contribution < -0.4 is 15.2 Å². The molecule has 0 fully saturated rings. The summed E-state index contributed by atoms with van der Waals surface area (Å²) in [5.74, 6) is -2.09. The quantitative estimate of drug-likeness (QED) is 0.820. The van der Waals surface area contributed by atoms with Crippen LogP contribution in [0.3, 0.4) is 0 Å². The summed E-state index contributed by atoms with van der Waals surface area (Å²) < 4.78 is 36.6. The van der Waals surface area contributed by atoms with Crippen LogP contribution in [-0.4, -0.2) is 6.79 Å². The van der Waals surface area contributed by atoms with Crippen molar-refractivity contribution in [3.05, 3.63) is 23.3 Å². The maximum atomic E-state index is 13.2. The van der Waals surface area contributed by atoms with E-state index in [4.69, 9.17) is 15.2 Å². The van der Waals surface area contributed by atoms with Gasteiger partial charge in [-0.15, -0.1) is 0 Å². The smallest absolute Gasteiger partial charge is 0.270 e. The molecule has 0 saturated heterocycles. The molecule has 0 unspecified atom stereocenters. The van der Waals surface area contributed by atoms with Gasteiger partial charge in [0.05, 0.1) is 0 Å². The van der Waals surface area contributed by atoms with E-state index in [1.165, 1.54) is 12.1 Å². The molecule has 5 heteroatoms. The van der Waals surface area contributed by atoms with Crippen LogP contribution in [0.25, 0.3) is 0 Å². The monoisotopic (exact) mass is 215 g/mol. The molecule has 0 aliphatic carbocycles. The van der Waals surface area contributed by atoms with Gasteiger partial charge in [-0.2, -0.15) is 0 Å². The van der Waals surface area contributed by atoms with Crippen LogP contribution in [0, 0.1) is 0 Å². The molecule has 0 atom stereocenters. The minimum Gasteiger partial charge on any atom is -0.454 e. The number of halogens is 2. The number of hydrogen-bond acceptors (Lipinski definition) is 3. The molecular weight excluding hydrogens is 204 g/mol. The van der Waals surface area contributed by atoms with Crippen LogP contribution in [-0.2, 0) is 12.5 Å². The molecular formula is C10H11F2NO2. The van der Waals surface area contributed by atoms with Gasteiger partial charge in [0.1, 0.15) is 0 Å². The Hall–Kier alpha value is -1.36. The fraction of sp³-hybridized carbons (Fsp3) is 0.400. The van der Waals surface area contributed by atoms with E-state index in [9.17, 15) is 8.78 Å². The Bertz CT molecular complexity index is 388. The molecule has 15 heavy (non-hydrogen) atoms. The van der Waals surface area contributed by atoms with Crippen molar-refractivity contribution in [2.24, 2.45) is 5.73 Å². The number of ether oxygens (including phenoxy) is 2. The fourth-order valence-corrected chi connectivity index (χ4v) is 1.56. The van der Waals surface area contributed by atoms with Gasteiger partial charge in [-0.25, -0.2) is 8.78 Å². The lowest BCUT2D eigenvalue weighted by Gasteiger charge is -2.15. The van der Waals surface area contributed by atoms with Crippen molar-refractivity contribution in [3.63, 3.8) is 0 Å². The molecule has 0 aromatic heterocycles. The zero-order valence-electron chi connectivity index (χ0n) is 8.22. The zero-order valence-corrected chi connectivity index (χ0v) is 8.22. The third-order valence-corrected chi connectivity index (χ3v) is 2.29. The van der Waals surface area contributed by atoms with Crippen molar-refractivity contribution in [2.75, 3.05) is 6.79 Å². The molecule has 0 radical (unpaired) electrons. The lowest BCUT2D eigenvalue weighted by atomic mass is 10.0. The Kier molecular flexibility index (Phi) is 2.26. The van der Waals surface area contributed by atoms with Crippen LogP contribution in [0.5, 0.6) is 11.5 Å². The average Bonchev–Trinajstić information content (AvgIpc) is 2.60. The Balaban J connectivity index is 2.54. The Labute approximate surface area is 85.8 Å². The number of rotatable bonds is 2. The molecule has 0 saturated carbocycles. The van der Waals surface area contributed by atoms with E-state index in [-0.39, 0.29) is 18.9 Å². The summed E-state index contributed by atoms with van der Waals surface area (Å²) in [5.41, 5.74) is 5.69. The van der Waals surface area contributed by atoms with Gasteiger partial charge < -0.3 is 15.2 Å². The fourth-order valence-electron chi connectivity index (χ4n) is 1.56. The molecule has 3 nitrogen and oxygen atoms in total. The van der Waals surface area contributed by atoms with Crippen LogP contribution >= 0.6 is 0 Å². The molecule has 2 N–H and O–H groups in total. The minimum absolute atomic E-state index is 0.0510. The van der Waals surface area contributed by atoms with E-state index >= 15 is 0 Å². The maximum absolute atomic E-state index is 13.2. The van der Waals surface area contributed by atoms with E-state index < -0.39 is 5.92 Å². The Morgan fingerprint density at radius 3 is 2.47 bits per heavy atom. The highest BCUT2D eigenvalue weighted by atomic mass is 19.3. The van der Waals surface area contributed by atoms with Gasteiger partial charge >= 0.3 is 0 Å². The average molecular weight is 215 g/mol. The molecule has 2 rings (SSSR count). The summed E-state index contributed by atoms with van der Waals surface area (Å²) in [6.07, 6.45) is 0. The Morgan fingerprint density at radius 2 is 1.93 bits per heavy atom. The summed E-state index contributed by atoms with van der Waals surface area (Å²) >= 11 is 0.